The Hall–Kier alpha value is -5.23. The van der Waals surface area contributed by atoms with Gasteiger partial charge in [-0.3, -0.25) is 0 Å². The van der Waals surface area contributed by atoms with E-state index in [1.54, 1.807) is 72.8 Å². The van der Waals surface area contributed by atoms with Crippen molar-refractivity contribution >= 4 is 35.7 Å². The van der Waals surface area contributed by atoms with Crippen molar-refractivity contribution in [3.63, 3.8) is 0 Å². The van der Waals surface area contributed by atoms with Gasteiger partial charge in [0.05, 0.1) is 0 Å². The summed E-state index contributed by atoms with van der Waals surface area (Å²) in [6, 6.07) is 43.8. The molecule has 9 nitrogen and oxygen atoms in total. The van der Waals surface area contributed by atoms with Crippen LogP contribution >= 0.6 is 17.9 Å². The fourth-order valence-corrected chi connectivity index (χ4v) is 4.17. The van der Waals surface area contributed by atoms with Crippen LogP contribution in [0, 0.1) is 0 Å². The fourth-order valence-electron chi connectivity index (χ4n) is 4.17. The van der Waals surface area contributed by atoms with Gasteiger partial charge in [-0.25, -0.2) is 0 Å². The second-order valence-electron chi connectivity index (χ2n) is 11.5. The molecule has 0 bridgehead atoms. The van der Waals surface area contributed by atoms with Crippen molar-refractivity contribution in [3.8, 4) is 17.2 Å². The van der Waals surface area contributed by atoms with Crippen LogP contribution in [0.4, 0.5) is 17.8 Å². The van der Waals surface area contributed by atoms with E-state index in [9.17, 15) is 0 Å². The number of para-hydroxylation sites is 3. The monoisotopic (exact) mass is 828 g/mol. The van der Waals surface area contributed by atoms with Gasteiger partial charge in [0.2, 0.25) is 17.8 Å². The van der Waals surface area contributed by atoms with Crippen molar-refractivity contribution in [1.82, 2.24) is 15.0 Å². The molecule has 2 atom stereocenters. The predicted octanol–water partition coefficient (Wildman–Crippen LogP) is 11.8. The molecule has 0 fully saturated rings. The van der Waals surface area contributed by atoms with Gasteiger partial charge in [0.25, 0.3) is 0 Å². The number of hydrogen-bond donors (Lipinski definition) is 6. The van der Waals surface area contributed by atoms with Gasteiger partial charge in [0.15, 0.2) is 0 Å². The Bertz CT molecular complexity index is 1550. The van der Waals surface area contributed by atoms with Crippen LogP contribution in [0.2, 0.25) is 0 Å². The fraction of sp³-hybridized carbons (Fsp3) is 0.298. The number of phenols is 3. The Morgan fingerprint density at radius 3 is 0.793 bits per heavy atom. The number of nitrogen functional groups attached to an aromatic ring is 1. The highest BCUT2D eigenvalue weighted by atomic mass is 32.0. The number of nitrogens with two attached hydrogens (primary N) is 1. The van der Waals surface area contributed by atoms with Gasteiger partial charge in [-0.1, -0.05) is 145 Å². The van der Waals surface area contributed by atoms with Gasteiger partial charge in [0.1, 0.15) is 17.2 Å². The summed E-state index contributed by atoms with van der Waals surface area (Å²) >= 11 is 0. The summed E-state index contributed by atoms with van der Waals surface area (Å²) in [5.74, 6) is 2.20. The molecule has 6 aromatic rings. The molecule has 316 valence electrons. The lowest BCUT2D eigenvalue weighted by molar-refractivity contribution is 0.475. The number of anilines is 3. The average Bonchev–Trinajstić information content (AvgIpc) is 3.27. The molecule has 0 aliphatic rings. The molecule has 7 N–H and O–H groups in total. The smallest absolute Gasteiger partial charge is 0.229 e. The maximum Gasteiger partial charge on any atom is 0.229 e. The number of nitrogens with zero attached hydrogens (tertiary/aromatic N) is 3. The van der Waals surface area contributed by atoms with Crippen molar-refractivity contribution in [2.45, 2.75) is 81.1 Å². The third-order valence-electron chi connectivity index (χ3n) is 7.27. The average molecular weight is 829 g/mol. The third-order valence-corrected chi connectivity index (χ3v) is 7.27. The van der Waals surface area contributed by atoms with E-state index in [2.05, 4.69) is 120 Å². The van der Waals surface area contributed by atoms with E-state index in [1.165, 1.54) is 22.3 Å². The van der Waals surface area contributed by atoms with Crippen LogP contribution in [0.25, 0.3) is 0 Å². The van der Waals surface area contributed by atoms with E-state index in [4.69, 9.17) is 21.1 Å². The summed E-state index contributed by atoms with van der Waals surface area (Å²) in [6.07, 6.45) is 4.57. The van der Waals surface area contributed by atoms with Crippen molar-refractivity contribution in [3.05, 3.63) is 162 Å². The Kier molecular flexibility index (Phi) is 36.5. The quantitative estimate of drug-likeness (QED) is 0.0824. The molecule has 0 saturated carbocycles. The molecule has 0 spiro atoms. The molecule has 0 aliphatic heterocycles. The summed E-state index contributed by atoms with van der Waals surface area (Å²) in [4.78, 5) is 11.9. The first-order chi connectivity index (χ1) is 28.2. The summed E-state index contributed by atoms with van der Waals surface area (Å²) in [5.41, 5.74) is 11.2. The van der Waals surface area contributed by atoms with Gasteiger partial charge in [-0.05, 0) is 98.2 Å². The van der Waals surface area contributed by atoms with Crippen LogP contribution in [0.5, 0.6) is 17.2 Å². The highest BCUT2D eigenvalue weighted by Gasteiger charge is 2.01. The molecule has 0 radical (unpaired) electrons. The largest absolute Gasteiger partial charge is 0.508 e. The normalized spacial score (nSPS) is 8.86. The van der Waals surface area contributed by atoms with Gasteiger partial charge >= 0.3 is 0 Å². The van der Waals surface area contributed by atoms with Crippen LogP contribution < -0.4 is 16.4 Å². The molecular formula is C47H70N6O3P2. The molecule has 11 heteroatoms. The zero-order valence-corrected chi connectivity index (χ0v) is 38.2. The van der Waals surface area contributed by atoms with Crippen LogP contribution in [-0.4, -0.2) is 43.4 Å². The summed E-state index contributed by atoms with van der Waals surface area (Å²) in [5, 5.41) is 31.8. The first-order valence-corrected chi connectivity index (χ1v) is 22.5. The van der Waals surface area contributed by atoms with Crippen molar-refractivity contribution in [1.29, 1.82) is 0 Å². The number of benzene rings is 5. The van der Waals surface area contributed by atoms with Gasteiger partial charge in [0, 0.05) is 13.1 Å². The number of aryl methyl sites for hydroxylation is 4. The molecule has 0 saturated heterocycles. The molecule has 1 heterocycles. The Balaban J connectivity index is 0. The number of aromatic nitrogens is 3. The minimum absolute atomic E-state index is 0.224. The molecule has 2 unspecified atom stereocenters. The van der Waals surface area contributed by atoms with Crippen LogP contribution in [-0.2, 0) is 25.7 Å². The van der Waals surface area contributed by atoms with Gasteiger partial charge in [-0.15, -0.1) is 17.9 Å². The first kappa shape index (κ1) is 54.9. The third kappa shape index (κ3) is 30.0. The van der Waals surface area contributed by atoms with E-state index in [-0.39, 0.29) is 5.95 Å². The number of rotatable bonds is 8. The molecule has 1 aromatic heterocycles. The van der Waals surface area contributed by atoms with Gasteiger partial charge < -0.3 is 31.7 Å². The Morgan fingerprint density at radius 2 is 0.638 bits per heavy atom. The van der Waals surface area contributed by atoms with Crippen LogP contribution in [0.1, 0.15) is 77.6 Å². The van der Waals surface area contributed by atoms with E-state index in [0.29, 0.717) is 29.1 Å². The maximum atomic E-state index is 8.63. The lowest BCUT2D eigenvalue weighted by Crippen LogP contribution is -2.10. The van der Waals surface area contributed by atoms with Crippen LogP contribution in [0.3, 0.4) is 0 Å². The SMILES string of the molecule is CC.CCNc1nc(N)nc(NCC)n1.CCc1ccc(CC)cc1.CCc1ccc(CC)cc1.Oc1ccccc1.Oc1ccccc1.Oc1ccccc1.PP. The second kappa shape index (κ2) is 38.6. The zero-order chi connectivity index (χ0) is 43.8. The summed E-state index contributed by atoms with van der Waals surface area (Å²) in [6.45, 7) is 18.2. The Labute approximate surface area is 354 Å². The predicted molar refractivity (Wildman–Crippen MR) is 258 cm³/mol. The number of phenolic OH excluding ortho intramolecular Hbond substituents is 3. The topological polar surface area (TPSA) is 149 Å². The summed E-state index contributed by atoms with van der Waals surface area (Å²) in [7, 11) is 4.67. The minimum Gasteiger partial charge on any atom is -0.508 e. The number of aromatic hydroxyl groups is 3. The highest BCUT2D eigenvalue weighted by molar-refractivity contribution is 7.92. The lowest BCUT2D eigenvalue weighted by atomic mass is 10.1. The molecule has 58 heavy (non-hydrogen) atoms. The first-order valence-electron chi connectivity index (χ1n) is 19.9. The zero-order valence-electron chi connectivity index (χ0n) is 35.9. The van der Waals surface area contributed by atoms with Gasteiger partial charge in [-0.2, -0.15) is 15.0 Å². The number of nitrogens with one attached hydrogen (secondary N) is 2. The van der Waals surface area contributed by atoms with E-state index in [0.717, 1.165) is 38.8 Å². The molecule has 0 amide bonds. The van der Waals surface area contributed by atoms with Crippen LogP contribution in [0.15, 0.2) is 140 Å². The van der Waals surface area contributed by atoms with Crippen molar-refractivity contribution in [2.75, 3.05) is 29.5 Å². The standard InChI is InChI=1S/2C10H14.C7H14N6.3C6H6O.C2H6.H4P2/c2*1-3-9-5-7-10(4-2)8-6-9;1-3-9-6-11-5(8)12-7(13-6)10-4-2;3*7-6-4-2-1-3-5-6;2*1-2/h2*5-8H,3-4H2,1-2H3;3-4H2,1-2H3,(H4,8,9,10,11,12,13);3*1-5,7H;1-2H3;1-2H2. The second-order valence-corrected chi connectivity index (χ2v) is 11.5. The molecule has 0 aliphatic carbocycles. The molecular weight excluding hydrogens is 759 g/mol. The Morgan fingerprint density at radius 1 is 0.414 bits per heavy atom. The van der Waals surface area contributed by atoms with Crippen molar-refractivity contribution < 1.29 is 15.3 Å². The highest BCUT2D eigenvalue weighted by Crippen LogP contribution is 2.08. The number of hydrogen-bond acceptors (Lipinski definition) is 9. The minimum atomic E-state index is 0.224. The lowest BCUT2D eigenvalue weighted by Gasteiger charge is -2.05. The van der Waals surface area contributed by atoms with Crippen molar-refractivity contribution in [2.24, 2.45) is 0 Å². The molecule has 5 aromatic carbocycles. The maximum absolute atomic E-state index is 8.63. The summed E-state index contributed by atoms with van der Waals surface area (Å²) < 4.78 is 0. The van der Waals surface area contributed by atoms with E-state index < -0.39 is 0 Å². The van der Waals surface area contributed by atoms with E-state index >= 15 is 0 Å². The van der Waals surface area contributed by atoms with E-state index in [1.807, 2.05) is 45.9 Å². The molecule has 6 rings (SSSR count).